The van der Waals surface area contributed by atoms with Gasteiger partial charge >= 0.3 is 5.97 Å². The normalized spacial score (nSPS) is 10.0. The fraction of sp³-hybridized carbons (Fsp3) is 0.429. The quantitative estimate of drug-likeness (QED) is 0.621. The Morgan fingerprint density at radius 1 is 1.53 bits per heavy atom. The van der Waals surface area contributed by atoms with E-state index < -0.39 is 0 Å². The van der Waals surface area contributed by atoms with Crippen LogP contribution in [0.2, 0.25) is 5.28 Å². The second-order valence-electron chi connectivity index (χ2n) is 2.34. The highest BCUT2D eigenvalue weighted by Gasteiger charge is 2.07. The van der Waals surface area contributed by atoms with Crippen LogP contribution in [0, 0.1) is 0 Å². The number of carbonyl (C=O) groups is 1. The second kappa shape index (κ2) is 5.72. The number of carbonyl (C=O) groups excluding carboxylic acids is 1. The summed E-state index contributed by atoms with van der Waals surface area (Å²) in [6, 6.07) is 0. The molecule has 0 saturated heterocycles. The minimum absolute atomic E-state index is 0.00820. The maximum absolute atomic E-state index is 11.0. The van der Waals surface area contributed by atoms with E-state index in [4.69, 9.17) is 22.1 Å². The van der Waals surface area contributed by atoms with Crippen LogP contribution < -0.4 is 5.73 Å². The molecule has 6 nitrogen and oxygen atoms in total. The van der Waals surface area contributed by atoms with Gasteiger partial charge in [0.25, 0.3) is 0 Å². The Kier molecular flexibility index (Phi) is 4.57. The number of nitrogen functional groups attached to an aromatic ring is 1. The molecule has 1 heterocycles. The number of aromatic nitrogens is 3. The highest BCUT2D eigenvalue weighted by molar-refractivity contribution is 7.99. The molecule has 0 atom stereocenters. The molecule has 15 heavy (non-hydrogen) atoms. The fourth-order valence-corrected chi connectivity index (χ4v) is 1.59. The van der Waals surface area contributed by atoms with Gasteiger partial charge in [-0.05, 0) is 18.5 Å². The van der Waals surface area contributed by atoms with Crippen LogP contribution in [0.3, 0.4) is 0 Å². The van der Waals surface area contributed by atoms with Crippen LogP contribution in [-0.4, -0.2) is 33.3 Å². The first-order valence-corrected chi connectivity index (χ1v) is 5.43. The van der Waals surface area contributed by atoms with Gasteiger partial charge in [-0.3, -0.25) is 4.79 Å². The number of ether oxygens (including phenoxy) is 1. The number of hydrogen-bond acceptors (Lipinski definition) is 7. The maximum Gasteiger partial charge on any atom is 0.316 e. The molecule has 0 aliphatic carbocycles. The number of nitrogens with zero attached hydrogens (tertiary/aromatic N) is 3. The number of rotatable bonds is 4. The van der Waals surface area contributed by atoms with Gasteiger partial charge in [-0.1, -0.05) is 11.8 Å². The molecule has 0 aliphatic rings. The van der Waals surface area contributed by atoms with Crippen LogP contribution >= 0.6 is 23.4 Å². The van der Waals surface area contributed by atoms with Gasteiger partial charge < -0.3 is 10.5 Å². The molecule has 1 aromatic heterocycles. The summed E-state index contributed by atoms with van der Waals surface area (Å²) in [5, 5.41) is 0.314. The van der Waals surface area contributed by atoms with Crippen molar-refractivity contribution in [3.63, 3.8) is 0 Å². The van der Waals surface area contributed by atoms with Crippen molar-refractivity contribution in [2.45, 2.75) is 12.1 Å². The van der Waals surface area contributed by atoms with E-state index in [2.05, 4.69) is 15.0 Å². The zero-order chi connectivity index (χ0) is 11.3. The fourth-order valence-electron chi connectivity index (χ4n) is 0.737. The Morgan fingerprint density at radius 2 is 2.27 bits per heavy atom. The van der Waals surface area contributed by atoms with Crippen molar-refractivity contribution >= 4 is 35.3 Å². The van der Waals surface area contributed by atoms with Crippen molar-refractivity contribution in [1.29, 1.82) is 0 Å². The molecule has 82 valence electrons. The van der Waals surface area contributed by atoms with Crippen LogP contribution in [-0.2, 0) is 9.53 Å². The molecule has 0 radical (unpaired) electrons. The van der Waals surface area contributed by atoms with E-state index in [0.717, 1.165) is 11.8 Å². The smallest absolute Gasteiger partial charge is 0.316 e. The van der Waals surface area contributed by atoms with Crippen molar-refractivity contribution in [2.24, 2.45) is 0 Å². The Bertz CT molecular complexity index is 343. The summed E-state index contributed by atoms with van der Waals surface area (Å²) in [5.74, 6) is -0.188. The lowest BCUT2D eigenvalue weighted by atomic mass is 10.8. The SMILES string of the molecule is CCOC(=O)CSc1nc(N)nc(Cl)n1. The number of nitrogens with two attached hydrogens (primary N) is 1. The minimum atomic E-state index is -0.336. The summed E-state index contributed by atoms with van der Waals surface area (Å²) in [4.78, 5) is 22.2. The molecule has 0 aromatic carbocycles. The zero-order valence-electron chi connectivity index (χ0n) is 7.94. The lowest BCUT2D eigenvalue weighted by Gasteiger charge is -2.01. The standard InChI is InChI=1S/C7H9ClN4O2S/c1-2-14-4(13)3-15-7-11-5(8)10-6(9)12-7/h2-3H2,1H3,(H2,9,10,11,12). The summed E-state index contributed by atoms with van der Waals surface area (Å²) in [7, 11) is 0. The first kappa shape index (κ1) is 12.0. The van der Waals surface area contributed by atoms with E-state index in [1.54, 1.807) is 6.92 Å². The molecule has 0 unspecified atom stereocenters. The second-order valence-corrected chi connectivity index (χ2v) is 3.62. The highest BCUT2D eigenvalue weighted by Crippen LogP contribution is 2.15. The minimum Gasteiger partial charge on any atom is -0.465 e. The largest absolute Gasteiger partial charge is 0.465 e. The van der Waals surface area contributed by atoms with Gasteiger partial charge in [-0.2, -0.15) is 15.0 Å². The van der Waals surface area contributed by atoms with Crippen molar-refractivity contribution < 1.29 is 9.53 Å². The number of thioether (sulfide) groups is 1. The third kappa shape index (κ3) is 4.30. The molecule has 8 heteroatoms. The third-order valence-corrected chi connectivity index (χ3v) is 2.22. The Balaban J connectivity index is 2.54. The average Bonchev–Trinajstić information content (AvgIpc) is 2.14. The van der Waals surface area contributed by atoms with Crippen molar-refractivity contribution in [3.8, 4) is 0 Å². The van der Waals surface area contributed by atoms with Crippen LogP contribution in [0.5, 0.6) is 0 Å². The predicted octanol–water partition coefficient (Wildman–Crippen LogP) is 0.762. The van der Waals surface area contributed by atoms with Gasteiger partial charge in [0.05, 0.1) is 12.4 Å². The average molecular weight is 249 g/mol. The first-order chi connectivity index (χ1) is 7.11. The van der Waals surface area contributed by atoms with Gasteiger partial charge in [-0.25, -0.2) is 0 Å². The lowest BCUT2D eigenvalue weighted by Crippen LogP contribution is -2.07. The lowest BCUT2D eigenvalue weighted by molar-refractivity contribution is -0.139. The number of halogens is 1. The topological polar surface area (TPSA) is 91.0 Å². The maximum atomic E-state index is 11.0. The van der Waals surface area contributed by atoms with Crippen LogP contribution in [0.15, 0.2) is 5.16 Å². The number of anilines is 1. The van der Waals surface area contributed by atoms with Gasteiger partial charge in [0, 0.05) is 0 Å². The Labute approximate surface area is 95.6 Å². The predicted molar refractivity (Wildman–Crippen MR) is 56.6 cm³/mol. The number of esters is 1. The highest BCUT2D eigenvalue weighted by atomic mass is 35.5. The van der Waals surface area contributed by atoms with Gasteiger partial charge in [0.2, 0.25) is 11.2 Å². The van der Waals surface area contributed by atoms with E-state index in [1.165, 1.54) is 0 Å². The van der Waals surface area contributed by atoms with Crippen molar-refractivity contribution in [3.05, 3.63) is 5.28 Å². The summed E-state index contributed by atoms with van der Waals surface area (Å²) in [6.07, 6.45) is 0. The molecule has 2 N–H and O–H groups in total. The van der Waals surface area contributed by atoms with E-state index >= 15 is 0 Å². The van der Waals surface area contributed by atoms with Gasteiger partial charge in [-0.15, -0.1) is 0 Å². The zero-order valence-corrected chi connectivity index (χ0v) is 9.51. The van der Waals surface area contributed by atoms with Crippen LogP contribution in [0.1, 0.15) is 6.92 Å². The summed E-state index contributed by atoms with van der Waals surface area (Å²) in [6.45, 7) is 2.08. The molecule has 0 amide bonds. The molecule has 0 aliphatic heterocycles. The summed E-state index contributed by atoms with van der Waals surface area (Å²) in [5.41, 5.74) is 5.35. The van der Waals surface area contributed by atoms with E-state index in [-0.39, 0.29) is 23.0 Å². The number of hydrogen-bond donors (Lipinski definition) is 1. The molecule has 0 saturated carbocycles. The van der Waals surface area contributed by atoms with E-state index in [1.807, 2.05) is 0 Å². The molecule has 1 rings (SSSR count). The summed E-state index contributed by atoms with van der Waals surface area (Å²) < 4.78 is 4.73. The van der Waals surface area contributed by atoms with E-state index in [0.29, 0.717) is 11.8 Å². The first-order valence-electron chi connectivity index (χ1n) is 4.07. The van der Waals surface area contributed by atoms with Gasteiger partial charge in [0.15, 0.2) is 5.16 Å². The molecule has 1 aromatic rings. The molecular weight excluding hydrogens is 240 g/mol. The molecule has 0 bridgehead atoms. The Morgan fingerprint density at radius 3 is 2.87 bits per heavy atom. The van der Waals surface area contributed by atoms with Crippen LogP contribution in [0.4, 0.5) is 5.95 Å². The van der Waals surface area contributed by atoms with E-state index in [9.17, 15) is 4.79 Å². The molecule has 0 spiro atoms. The van der Waals surface area contributed by atoms with Crippen molar-refractivity contribution in [1.82, 2.24) is 15.0 Å². The van der Waals surface area contributed by atoms with Crippen molar-refractivity contribution in [2.75, 3.05) is 18.1 Å². The van der Waals surface area contributed by atoms with Crippen LogP contribution in [0.25, 0.3) is 0 Å². The molecular formula is C7H9ClN4O2S. The third-order valence-electron chi connectivity index (χ3n) is 1.23. The summed E-state index contributed by atoms with van der Waals surface area (Å²) >= 11 is 6.65. The monoisotopic (exact) mass is 248 g/mol. The van der Waals surface area contributed by atoms with Gasteiger partial charge in [0.1, 0.15) is 0 Å². The molecule has 0 fully saturated rings. The Hall–Kier alpha value is -1.08.